The Labute approximate surface area is 179 Å². The van der Waals surface area contributed by atoms with Crippen LogP contribution in [0.15, 0.2) is 30.3 Å². The van der Waals surface area contributed by atoms with E-state index in [1.807, 2.05) is 28.1 Å². The molecule has 2 aromatic rings. The Bertz CT molecular complexity index is 868. The molecule has 0 aromatic heterocycles. The van der Waals surface area contributed by atoms with Crippen molar-refractivity contribution in [3.8, 4) is 0 Å². The molecule has 2 rings (SSSR count). The Kier molecular flexibility index (Phi) is 8.68. The first-order valence-electron chi connectivity index (χ1n) is 8.61. The highest BCUT2D eigenvalue weighted by Crippen LogP contribution is 2.28. The number of benzene rings is 2. The van der Waals surface area contributed by atoms with Crippen LogP contribution >= 0.6 is 22.6 Å². The zero-order chi connectivity index (χ0) is 21.6. The van der Waals surface area contributed by atoms with Crippen molar-refractivity contribution in [2.45, 2.75) is 26.1 Å². The number of aliphatic hydroxyl groups is 1. The molecule has 0 fully saturated rings. The monoisotopic (exact) mass is 524 g/mol. The van der Waals surface area contributed by atoms with Crippen molar-refractivity contribution in [1.82, 2.24) is 5.48 Å². The van der Waals surface area contributed by atoms with Crippen molar-refractivity contribution in [2.75, 3.05) is 18.5 Å². The van der Waals surface area contributed by atoms with Crippen LogP contribution in [0.2, 0.25) is 0 Å². The van der Waals surface area contributed by atoms with Gasteiger partial charge in [0.25, 0.3) is 5.91 Å². The van der Waals surface area contributed by atoms with Crippen molar-refractivity contribution in [3.05, 3.63) is 56.9 Å². The zero-order valence-corrected chi connectivity index (χ0v) is 17.8. The summed E-state index contributed by atoms with van der Waals surface area (Å²) in [6.45, 7) is 3.31. The van der Waals surface area contributed by atoms with Gasteiger partial charge in [-0.3, -0.25) is 9.63 Å². The third-order valence-electron chi connectivity index (χ3n) is 3.59. The van der Waals surface area contributed by atoms with Crippen LogP contribution < -0.4 is 10.8 Å². The molecule has 10 heteroatoms. The Morgan fingerprint density at radius 2 is 1.86 bits per heavy atom. The van der Waals surface area contributed by atoms with Crippen LogP contribution in [0, 0.1) is 21.0 Å². The fourth-order valence-corrected chi connectivity index (χ4v) is 2.65. The number of nitrogens with one attached hydrogen (secondary N) is 2. The number of rotatable bonds is 9. The van der Waals surface area contributed by atoms with E-state index in [9.17, 15) is 23.1 Å². The first-order chi connectivity index (χ1) is 13.7. The maximum absolute atomic E-state index is 14.3. The van der Waals surface area contributed by atoms with Gasteiger partial charge in [0, 0.05) is 3.57 Å². The predicted octanol–water partition coefficient (Wildman–Crippen LogP) is 3.90. The van der Waals surface area contributed by atoms with Crippen LogP contribution in [0.4, 0.5) is 24.5 Å². The van der Waals surface area contributed by atoms with Gasteiger partial charge in [-0.15, -0.1) is 0 Å². The summed E-state index contributed by atoms with van der Waals surface area (Å²) in [6, 6.07) is 5.90. The molecule has 158 valence electrons. The SMILES string of the molecule is CC(C)OC[C@@H](O)CONC(=O)c1ccc(F)c(F)c1Nc1ccc(I)cc1F. The van der Waals surface area contributed by atoms with Crippen molar-refractivity contribution < 1.29 is 32.6 Å². The van der Waals surface area contributed by atoms with Gasteiger partial charge in [0.05, 0.1) is 29.6 Å². The van der Waals surface area contributed by atoms with E-state index in [2.05, 4.69) is 5.32 Å². The highest BCUT2D eigenvalue weighted by molar-refractivity contribution is 14.1. The van der Waals surface area contributed by atoms with E-state index < -0.39 is 35.2 Å². The van der Waals surface area contributed by atoms with Gasteiger partial charge in [-0.1, -0.05) is 0 Å². The van der Waals surface area contributed by atoms with E-state index in [1.54, 1.807) is 19.9 Å². The number of halogens is 4. The fraction of sp³-hybridized carbons (Fsp3) is 0.316. The molecule has 0 spiro atoms. The van der Waals surface area contributed by atoms with E-state index in [4.69, 9.17) is 9.57 Å². The Morgan fingerprint density at radius 1 is 1.14 bits per heavy atom. The molecular formula is C19H20F3IN2O4. The standard InChI is InChI=1S/C19H20F3IN2O4/c1-10(2)28-8-12(26)9-29-25-19(27)13-4-5-14(20)17(22)18(13)24-16-6-3-11(23)7-15(16)21/h3-7,10,12,24,26H,8-9H2,1-2H3,(H,25,27)/t12-/m1/s1. The third kappa shape index (κ3) is 6.84. The number of carbonyl (C=O) groups is 1. The summed E-state index contributed by atoms with van der Waals surface area (Å²) in [5.41, 5.74) is 1.05. The Hall–Kier alpha value is -1.89. The summed E-state index contributed by atoms with van der Waals surface area (Å²) in [6.07, 6.45) is -1.09. The quantitative estimate of drug-likeness (QED) is 0.343. The Balaban J connectivity index is 2.12. The van der Waals surface area contributed by atoms with E-state index in [-0.39, 0.29) is 30.6 Å². The number of hydrogen-bond acceptors (Lipinski definition) is 5. The molecule has 1 amide bonds. The average molecular weight is 524 g/mol. The van der Waals surface area contributed by atoms with Crippen LogP contribution in [0.1, 0.15) is 24.2 Å². The van der Waals surface area contributed by atoms with Gasteiger partial charge in [-0.25, -0.2) is 18.7 Å². The lowest BCUT2D eigenvalue weighted by Crippen LogP contribution is -2.31. The number of anilines is 2. The fourth-order valence-electron chi connectivity index (χ4n) is 2.20. The maximum Gasteiger partial charge on any atom is 0.277 e. The summed E-state index contributed by atoms with van der Waals surface area (Å²) in [7, 11) is 0. The topological polar surface area (TPSA) is 79.8 Å². The zero-order valence-electron chi connectivity index (χ0n) is 15.6. The van der Waals surface area contributed by atoms with Crippen molar-refractivity contribution >= 4 is 39.9 Å². The van der Waals surface area contributed by atoms with E-state index in [0.717, 1.165) is 12.1 Å². The molecule has 0 saturated heterocycles. The lowest BCUT2D eigenvalue weighted by molar-refractivity contribution is -0.0552. The molecule has 6 nitrogen and oxygen atoms in total. The lowest BCUT2D eigenvalue weighted by Gasteiger charge is -2.16. The normalized spacial score (nSPS) is 12.1. The summed E-state index contributed by atoms with van der Waals surface area (Å²) in [5.74, 6) is -4.16. The van der Waals surface area contributed by atoms with Gasteiger partial charge < -0.3 is 15.2 Å². The molecule has 0 heterocycles. The smallest absolute Gasteiger partial charge is 0.277 e. The van der Waals surface area contributed by atoms with Gasteiger partial charge in [-0.2, -0.15) is 0 Å². The second kappa shape index (κ2) is 10.8. The number of carbonyl (C=O) groups excluding carboxylic acids is 1. The van der Waals surface area contributed by atoms with Crippen molar-refractivity contribution in [3.63, 3.8) is 0 Å². The van der Waals surface area contributed by atoms with Crippen molar-refractivity contribution in [2.24, 2.45) is 0 Å². The van der Waals surface area contributed by atoms with Gasteiger partial charge in [0.15, 0.2) is 11.6 Å². The van der Waals surface area contributed by atoms with Crippen LogP contribution in [-0.4, -0.2) is 36.4 Å². The van der Waals surface area contributed by atoms with Crippen molar-refractivity contribution in [1.29, 1.82) is 0 Å². The van der Waals surface area contributed by atoms with E-state index in [0.29, 0.717) is 3.57 Å². The molecule has 0 radical (unpaired) electrons. The van der Waals surface area contributed by atoms with E-state index >= 15 is 0 Å². The van der Waals surface area contributed by atoms with Crippen LogP contribution in [0.25, 0.3) is 0 Å². The number of ether oxygens (including phenoxy) is 1. The van der Waals surface area contributed by atoms with Gasteiger partial charge >= 0.3 is 0 Å². The second-order valence-corrected chi connectivity index (χ2v) is 7.56. The largest absolute Gasteiger partial charge is 0.388 e. The minimum Gasteiger partial charge on any atom is -0.388 e. The summed E-state index contributed by atoms with van der Waals surface area (Å²) < 4.78 is 47.9. The molecule has 0 saturated carbocycles. The molecule has 0 aliphatic carbocycles. The number of hydrogen-bond donors (Lipinski definition) is 3. The molecular weight excluding hydrogens is 504 g/mol. The number of aliphatic hydroxyl groups excluding tert-OH is 1. The third-order valence-corrected chi connectivity index (χ3v) is 4.26. The highest BCUT2D eigenvalue weighted by Gasteiger charge is 2.20. The average Bonchev–Trinajstić information content (AvgIpc) is 2.65. The van der Waals surface area contributed by atoms with Gasteiger partial charge in [0.1, 0.15) is 18.5 Å². The minimum atomic E-state index is -1.35. The molecule has 0 bridgehead atoms. The van der Waals surface area contributed by atoms with Crippen LogP contribution in [0.3, 0.4) is 0 Å². The van der Waals surface area contributed by atoms with Crippen LogP contribution in [-0.2, 0) is 9.57 Å². The molecule has 0 aliphatic heterocycles. The number of hydroxylamine groups is 1. The second-order valence-electron chi connectivity index (χ2n) is 6.31. The highest BCUT2D eigenvalue weighted by atomic mass is 127. The molecule has 0 aliphatic rings. The predicted molar refractivity (Wildman–Crippen MR) is 109 cm³/mol. The Morgan fingerprint density at radius 3 is 2.52 bits per heavy atom. The lowest BCUT2D eigenvalue weighted by atomic mass is 10.1. The minimum absolute atomic E-state index is 0.00238. The molecule has 0 unspecified atom stereocenters. The first kappa shape index (κ1) is 23.4. The first-order valence-corrected chi connectivity index (χ1v) is 9.68. The summed E-state index contributed by atoms with van der Waals surface area (Å²) in [5, 5.41) is 12.1. The number of amides is 1. The summed E-state index contributed by atoms with van der Waals surface area (Å²) >= 11 is 1.90. The summed E-state index contributed by atoms with van der Waals surface area (Å²) in [4.78, 5) is 17.2. The van der Waals surface area contributed by atoms with E-state index in [1.165, 1.54) is 12.1 Å². The molecule has 3 N–H and O–H groups in total. The van der Waals surface area contributed by atoms with Gasteiger partial charge in [0.2, 0.25) is 0 Å². The van der Waals surface area contributed by atoms with Gasteiger partial charge in [-0.05, 0) is 66.8 Å². The molecule has 1 atom stereocenters. The maximum atomic E-state index is 14.3. The van der Waals surface area contributed by atoms with Crippen LogP contribution in [0.5, 0.6) is 0 Å². The molecule has 29 heavy (non-hydrogen) atoms. The molecule has 2 aromatic carbocycles.